The van der Waals surface area contributed by atoms with Crippen molar-refractivity contribution in [2.24, 2.45) is 5.92 Å². The fourth-order valence-electron chi connectivity index (χ4n) is 3.38. The average molecular weight is 296 g/mol. The van der Waals surface area contributed by atoms with Gasteiger partial charge in [-0.25, -0.2) is 0 Å². The van der Waals surface area contributed by atoms with E-state index in [0.717, 1.165) is 39.1 Å². The molecule has 0 aromatic rings. The Labute approximate surface area is 129 Å². The molecule has 0 aromatic heterocycles. The molecule has 0 bridgehead atoms. The van der Waals surface area contributed by atoms with Crippen molar-refractivity contribution in [2.75, 3.05) is 26.2 Å². The third kappa shape index (κ3) is 7.28. The minimum absolute atomic E-state index is 0.207. The highest BCUT2D eigenvalue weighted by Gasteiger charge is 2.15. The minimum Gasteiger partial charge on any atom is -0.378 e. The number of rotatable bonds is 8. The van der Waals surface area contributed by atoms with Crippen molar-refractivity contribution in [3.05, 3.63) is 0 Å². The molecule has 0 aromatic carbocycles. The van der Waals surface area contributed by atoms with Crippen LogP contribution < -0.4 is 10.6 Å². The molecule has 1 unspecified atom stereocenters. The van der Waals surface area contributed by atoms with Crippen molar-refractivity contribution in [1.82, 2.24) is 10.6 Å². The van der Waals surface area contributed by atoms with Crippen LogP contribution in [0.3, 0.4) is 0 Å². The van der Waals surface area contributed by atoms with E-state index in [1.807, 2.05) is 0 Å². The number of hydrogen-bond donors (Lipinski definition) is 2. The lowest BCUT2D eigenvalue weighted by molar-refractivity contribution is -0.121. The van der Waals surface area contributed by atoms with Crippen LogP contribution in [-0.2, 0) is 9.53 Å². The first-order valence-corrected chi connectivity index (χ1v) is 8.93. The first-order chi connectivity index (χ1) is 10.3. The molecule has 4 heteroatoms. The normalized spacial score (nSPS) is 23.9. The summed E-state index contributed by atoms with van der Waals surface area (Å²) < 4.78 is 5.86. The van der Waals surface area contributed by atoms with Gasteiger partial charge in [-0.2, -0.15) is 0 Å². The Morgan fingerprint density at radius 1 is 1.14 bits per heavy atom. The van der Waals surface area contributed by atoms with Gasteiger partial charge in [-0.3, -0.25) is 4.79 Å². The van der Waals surface area contributed by atoms with Gasteiger partial charge in [0.2, 0.25) is 5.91 Å². The molecule has 2 N–H and O–H groups in total. The third-order valence-electron chi connectivity index (χ3n) is 4.73. The van der Waals surface area contributed by atoms with E-state index in [9.17, 15) is 4.79 Å². The SMILES string of the molecule is O=C(CCC1CCCNC1)NCCCOC1CCCCC1. The summed E-state index contributed by atoms with van der Waals surface area (Å²) in [4.78, 5) is 11.8. The Balaban J connectivity index is 1.41. The van der Waals surface area contributed by atoms with Gasteiger partial charge < -0.3 is 15.4 Å². The molecule has 1 aliphatic carbocycles. The second-order valence-corrected chi connectivity index (χ2v) is 6.59. The lowest BCUT2D eigenvalue weighted by Gasteiger charge is -2.22. The summed E-state index contributed by atoms with van der Waals surface area (Å²) in [6.45, 7) is 3.78. The van der Waals surface area contributed by atoms with Gasteiger partial charge in [0, 0.05) is 19.6 Å². The molecule has 1 amide bonds. The molecule has 1 atom stereocenters. The highest BCUT2D eigenvalue weighted by Crippen LogP contribution is 2.20. The number of nitrogens with one attached hydrogen (secondary N) is 2. The van der Waals surface area contributed by atoms with Crippen molar-refractivity contribution >= 4 is 5.91 Å². The first kappa shape index (κ1) is 16.8. The van der Waals surface area contributed by atoms with E-state index in [1.165, 1.54) is 44.9 Å². The second kappa shape index (κ2) is 10.2. The number of carbonyl (C=O) groups excluding carboxylic acids is 1. The van der Waals surface area contributed by atoms with Gasteiger partial charge in [0.15, 0.2) is 0 Å². The Hall–Kier alpha value is -0.610. The van der Waals surface area contributed by atoms with Crippen molar-refractivity contribution < 1.29 is 9.53 Å². The fourth-order valence-corrected chi connectivity index (χ4v) is 3.38. The van der Waals surface area contributed by atoms with Crippen molar-refractivity contribution in [3.8, 4) is 0 Å². The predicted molar refractivity (Wildman–Crippen MR) is 85.3 cm³/mol. The van der Waals surface area contributed by atoms with Crippen LogP contribution in [0.1, 0.15) is 64.2 Å². The van der Waals surface area contributed by atoms with Gasteiger partial charge in [0.25, 0.3) is 0 Å². The predicted octanol–water partition coefficient (Wildman–Crippen LogP) is 2.62. The number of amides is 1. The molecule has 2 fully saturated rings. The average Bonchev–Trinajstić information content (AvgIpc) is 2.54. The molecule has 1 heterocycles. The number of piperidine rings is 1. The van der Waals surface area contributed by atoms with E-state index in [2.05, 4.69) is 10.6 Å². The Bertz CT molecular complexity index is 285. The second-order valence-electron chi connectivity index (χ2n) is 6.59. The van der Waals surface area contributed by atoms with Crippen LogP contribution in [0.25, 0.3) is 0 Å². The highest BCUT2D eigenvalue weighted by molar-refractivity contribution is 5.75. The highest BCUT2D eigenvalue weighted by atomic mass is 16.5. The Kier molecular flexibility index (Phi) is 8.12. The summed E-state index contributed by atoms with van der Waals surface area (Å²) in [6, 6.07) is 0. The van der Waals surface area contributed by atoms with Gasteiger partial charge in [0.1, 0.15) is 0 Å². The molecule has 0 spiro atoms. The molecule has 4 nitrogen and oxygen atoms in total. The van der Waals surface area contributed by atoms with Gasteiger partial charge in [-0.1, -0.05) is 19.3 Å². The smallest absolute Gasteiger partial charge is 0.220 e. The molecular weight excluding hydrogens is 264 g/mol. The molecule has 2 aliphatic rings. The van der Waals surface area contributed by atoms with Gasteiger partial charge in [0.05, 0.1) is 6.10 Å². The van der Waals surface area contributed by atoms with Gasteiger partial charge in [-0.15, -0.1) is 0 Å². The van der Waals surface area contributed by atoms with Crippen molar-refractivity contribution in [1.29, 1.82) is 0 Å². The van der Waals surface area contributed by atoms with E-state index in [0.29, 0.717) is 18.4 Å². The van der Waals surface area contributed by atoms with Crippen LogP contribution in [0.2, 0.25) is 0 Å². The molecule has 2 rings (SSSR count). The van der Waals surface area contributed by atoms with Crippen LogP contribution >= 0.6 is 0 Å². The molecule has 122 valence electrons. The van der Waals surface area contributed by atoms with Crippen LogP contribution in [0, 0.1) is 5.92 Å². The lowest BCUT2D eigenvalue weighted by atomic mass is 9.94. The zero-order chi connectivity index (χ0) is 14.8. The number of carbonyl (C=O) groups is 1. The van der Waals surface area contributed by atoms with Crippen LogP contribution in [0.15, 0.2) is 0 Å². The van der Waals surface area contributed by atoms with E-state index < -0.39 is 0 Å². The third-order valence-corrected chi connectivity index (χ3v) is 4.73. The minimum atomic E-state index is 0.207. The Morgan fingerprint density at radius 3 is 2.76 bits per heavy atom. The molecule has 0 radical (unpaired) electrons. The standard InChI is InChI=1S/C17H32N2O2/c20-17(10-9-15-6-4-11-18-14-15)19-12-5-13-21-16-7-2-1-3-8-16/h15-16,18H,1-14H2,(H,19,20). The largest absolute Gasteiger partial charge is 0.378 e. The maximum absolute atomic E-state index is 11.8. The summed E-state index contributed by atoms with van der Waals surface area (Å²) >= 11 is 0. The lowest BCUT2D eigenvalue weighted by Crippen LogP contribution is -2.31. The van der Waals surface area contributed by atoms with E-state index in [4.69, 9.17) is 4.74 Å². The first-order valence-electron chi connectivity index (χ1n) is 8.93. The van der Waals surface area contributed by atoms with E-state index >= 15 is 0 Å². The molecular formula is C17H32N2O2. The van der Waals surface area contributed by atoms with E-state index in [1.54, 1.807) is 0 Å². The number of hydrogen-bond acceptors (Lipinski definition) is 3. The zero-order valence-electron chi connectivity index (χ0n) is 13.4. The topological polar surface area (TPSA) is 50.4 Å². The van der Waals surface area contributed by atoms with Crippen molar-refractivity contribution in [3.63, 3.8) is 0 Å². The van der Waals surface area contributed by atoms with Crippen LogP contribution in [0.5, 0.6) is 0 Å². The van der Waals surface area contributed by atoms with Crippen LogP contribution in [-0.4, -0.2) is 38.3 Å². The van der Waals surface area contributed by atoms with Gasteiger partial charge >= 0.3 is 0 Å². The summed E-state index contributed by atoms with van der Waals surface area (Å²) in [6.07, 6.45) is 12.1. The summed E-state index contributed by atoms with van der Waals surface area (Å²) in [5, 5.41) is 6.42. The van der Waals surface area contributed by atoms with Crippen molar-refractivity contribution in [2.45, 2.75) is 70.3 Å². The maximum Gasteiger partial charge on any atom is 0.220 e. The van der Waals surface area contributed by atoms with Gasteiger partial charge in [-0.05, 0) is 57.5 Å². The molecule has 1 saturated heterocycles. The molecule has 1 aliphatic heterocycles. The quantitative estimate of drug-likeness (QED) is 0.677. The summed E-state index contributed by atoms with van der Waals surface area (Å²) in [7, 11) is 0. The van der Waals surface area contributed by atoms with Crippen LogP contribution in [0.4, 0.5) is 0 Å². The monoisotopic (exact) mass is 296 g/mol. The fraction of sp³-hybridized carbons (Fsp3) is 0.941. The molecule has 1 saturated carbocycles. The summed E-state index contributed by atoms with van der Waals surface area (Å²) in [5.41, 5.74) is 0. The maximum atomic E-state index is 11.8. The molecule has 21 heavy (non-hydrogen) atoms. The zero-order valence-corrected chi connectivity index (χ0v) is 13.4. The summed E-state index contributed by atoms with van der Waals surface area (Å²) in [5.74, 6) is 0.900. The van der Waals surface area contributed by atoms with E-state index in [-0.39, 0.29) is 5.91 Å². The number of ether oxygens (including phenoxy) is 1. The Morgan fingerprint density at radius 2 is 2.00 bits per heavy atom.